The van der Waals surface area contributed by atoms with E-state index in [1.807, 2.05) is 6.07 Å². The highest BCUT2D eigenvalue weighted by molar-refractivity contribution is 5.98. The van der Waals surface area contributed by atoms with E-state index in [9.17, 15) is 19.2 Å². The van der Waals surface area contributed by atoms with E-state index in [0.717, 1.165) is 0 Å². The van der Waals surface area contributed by atoms with Crippen LogP contribution in [0.4, 0.5) is 10.1 Å². The predicted molar refractivity (Wildman–Crippen MR) is 102 cm³/mol. The molecule has 8 heteroatoms. The molecule has 29 heavy (non-hydrogen) atoms. The number of hydrogen-bond donors (Lipinski definition) is 0. The van der Waals surface area contributed by atoms with Gasteiger partial charge in [-0.15, -0.1) is 0 Å². The van der Waals surface area contributed by atoms with Gasteiger partial charge < -0.3 is 14.1 Å². The van der Waals surface area contributed by atoms with Gasteiger partial charge in [0.2, 0.25) is 5.88 Å². The van der Waals surface area contributed by atoms with Gasteiger partial charge in [-0.2, -0.15) is 5.26 Å². The molecule has 2 heterocycles. The van der Waals surface area contributed by atoms with Crippen LogP contribution in [0, 0.1) is 24.1 Å². The standard InChI is InChI=1S/C21H18FN3O4/c1-3-25(16-8-6-15(22)7-9-16)18(26)13-28-21(27)19-14(2)29-20(17(19)12-23)24-10-4-5-11-24/h4-11H,3,13H2,1-2H3. The first kappa shape index (κ1) is 19.9. The lowest BCUT2D eigenvalue weighted by molar-refractivity contribution is -0.121. The minimum absolute atomic E-state index is 0.0196. The Kier molecular flexibility index (Phi) is 5.79. The summed E-state index contributed by atoms with van der Waals surface area (Å²) in [5.74, 6) is -1.30. The zero-order chi connectivity index (χ0) is 21.0. The van der Waals surface area contributed by atoms with E-state index in [1.54, 1.807) is 42.9 Å². The maximum Gasteiger partial charge on any atom is 0.343 e. The largest absolute Gasteiger partial charge is 0.452 e. The lowest BCUT2D eigenvalue weighted by Crippen LogP contribution is -2.34. The average Bonchev–Trinajstić information content (AvgIpc) is 3.35. The summed E-state index contributed by atoms with van der Waals surface area (Å²) >= 11 is 0. The summed E-state index contributed by atoms with van der Waals surface area (Å²) < 4.78 is 25.4. The van der Waals surface area contributed by atoms with Crippen molar-refractivity contribution in [2.24, 2.45) is 0 Å². The summed E-state index contributed by atoms with van der Waals surface area (Å²) in [7, 11) is 0. The number of nitriles is 1. The molecule has 3 aromatic rings. The topological polar surface area (TPSA) is 88.5 Å². The van der Waals surface area contributed by atoms with Gasteiger partial charge in [0.25, 0.3) is 5.91 Å². The maximum absolute atomic E-state index is 13.1. The number of halogens is 1. The molecule has 3 rings (SSSR count). The van der Waals surface area contributed by atoms with E-state index in [-0.39, 0.29) is 22.8 Å². The summed E-state index contributed by atoms with van der Waals surface area (Å²) in [4.78, 5) is 26.4. The smallest absolute Gasteiger partial charge is 0.343 e. The Morgan fingerprint density at radius 2 is 1.90 bits per heavy atom. The van der Waals surface area contributed by atoms with Crippen LogP contribution in [0.2, 0.25) is 0 Å². The van der Waals surface area contributed by atoms with Crippen molar-refractivity contribution in [1.82, 2.24) is 4.57 Å². The number of benzene rings is 1. The van der Waals surface area contributed by atoms with E-state index in [1.165, 1.54) is 29.2 Å². The Hall–Kier alpha value is -3.86. The Morgan fingerprint density at radius 3 is 2.48 bits per heavy atom. The normalized spacial score (nSPS) is 10.4. The summed E-state index contributed by atoms with van der Waals surface area (Å²) in [5.41, 5.74) is 0.498. The number of esters is 1. The van der Waals surface area contributed by atoms with Gasteiger partial charge in [0.15, 0.2) is 6.61 Å². The SMILES string of the molecule is CCN(C(=O)COC(=O)c1c(C)oc(-n2cccc2)c1C#N)c1ccc(F)cc1. The van der Waals surface area contributed by atoms with E-state index in [4.69, 9.17) is 9.15 Å². The zero-order valence-corrected chi connectivity index (χ0v) is 15.9. The molecule has 7 nitrogen and oxygen atoms in total. The molecule has 0 aliphatic rings. The molecular weight excluding hydrogens is 377 g/mol. The van der Waals surface area contributed by atoms with Crippen LogP contribution in [0.15, 0.2) is 53.2 Å². The van der Waals surface area contributed by atoms with E-state index < -0.39 is 24.3 Å². The number of aromatic nitrogens is 1. The molecule has 148 valence electrons. The molecule has 0 aliphatic carbocycles. The van der Waals surface area contributed by atoms with Crippen LogP contribution in [-0.4, -0.2) is 29.6 Å². The molecule has 0 saturated carbocycles. The van der Waals surface area contributed by atoms with Crippen molar-refractivity contribution in [3.05, 3.63) is 71.5 Å². The van der Waals surface area contributed by atoms with Gasteiger partial charge in [0.05, 0.1) is 0 Å². The van der Waals surface area contributed by atoms with Crippen LogP contribution in [0.5, 0.6) is 0 Å². The number of hydrogen-bond acceptors (Lipinski definition) is 5. The van der Waals surface area contributed by atoms with Crippen molar-refractivity contribution in [3.63, 3.8) is 0 Å². The summed E-state index contributed by atoms with van der Waals surface area (Å²) in [5, 5.41) is 9.50. The fourth-order valence-corrected chi connectivity index (χ4v) is 2.93. The lowest BCUT2D eigenvalue weighted by atomic mass is 10.1. The van der Waals surface area contributed by atoms with Crippen molar-refractivity contribution in [2.75, 3.05) is 18.1 Å². The van der Waals surface area contributed by atoms with Gasteiger partial charge in [0.1, 0.15) is 28.8 Å². The Morgan fingerprint density at radius 1 is 1.24 bits per heavy atom. The molecule has 0 aliphatic heterocycles. The summed E-state index contributed by atoms with van der Waals surface area (Å²) in [6, 6.07) is 10.9. The van der Waals surface area contributed by atoms with Crippen LogP contribution >= 0.6 is 0 Å². The lowest BCUT2D eigenvalue weighted by Gasteiger charge is -2.20. The van der Waals surface area contributed by atoms with Crippen LogP contribution in [0.25, 0.3) is 5.88 Å². The fourth-order valence-electron chi connectivity index (χ4n) is 2.93. The first-order valence-electron chi connectivity index (χ1n) is 8.86. The highest BCUT2D eigenvalue weighted by Crippen LogP contribution is 2.26. The molecule has 0 bridgehead atoms. The molecule has 0 unspecified atom stereocenters. The highest BCUT2D eigenvalue weighted by Gasteiger charge is 2.27. The summed E-state index contributed by atoms with van der Waals surface area (Å²) in [6.45, 7) is 3.08. The van der Waals surface area contributed by atoms with Crippen molar-refractivity contribution in [2.45, 2.75) is 13.8 Å². The van der Waals surface area contributed by atoms with Gasteiger partial charge in [-0.1, -0.05) is 0 Å². The number of aryl methyl sites for hydroxylation is 1. The molecule has 0 saturated heterocycles. The van der Waals surface area contributed by atoms with Gasteiger partial charge in [-0.3, -0.25) is 9.36 Å². The number of rotatable bonds is 6. The third-order valence-corrected chi connectivity index (χ3v) is 4.30. The predicted octanol–water partition coefficient (Wildman–Crippen LogP) is 3.60. The number of likely N-dealkylation sites (N-methyl/N-ethyl adjacent to an activating group) is 1. The Balaban J connectivity index is 1.76. The quantitative estimate of drug-likeness (QED) is 0.595. The van der Waals surface area contributed by atoms with E-state index >= 15 is 0 Å². The molecule has 1 amide bonds. The molecular formula is C21H18FN3O4. The second-order valence-electron chi connectivity index (χ2n) is 6.11. The molecule has 0 fully saturated rings. The number of ether oxygens (including phenoxy) is 1. The molecule has 0 radical (unpaired) electrons. The van der Waals surface area contributed by atoms with E-state index in [0.29, 0.717) is 12.2 Å². The number of amides is 1. The van der Waals surface area contributed by atoms with Crippen LogP contribution in [-0.2, 0) is 9.53 Å². The number of furan rings is 1. The van der Waals surface area contributed by atoms with Gasteiger partial charge in [-0.25, -0.2) is 9.18 Å². The van der Waals surface area contributed by atoms with Crippen molar-refractivity contribution < 1.29 is 23.1 Å². The molecule has 0 atom stereocenters. The van der Waals surface area contributed by atoms with E-state index in [2.05, 4.69) is 0 Å². The Labute approximate surface area is 166 Å². The molecule has 0 spiro atoms. The number of carbonyl (C=O) groups is 2. The average molecular weight is 395 g/mol. The minimum Gasteiger partial charge on any atom is -0.452 e. The van der Waals surface area contributed by atoms with Gasteiger partial charge in [-0.05, 0) is 50.2 Å². The minimum atomic E-state index is -0.829. The second-order valence-corrected chi connectivity index (χ2v) is 6.11. The molecule has 0 N–H and O–H groups in total. The third-order valence-electron chi connectivity index (χ3n) is 4.30. The first-order chi connectivity index (χ1) is 14.0. The molecule has 1 aromatic carbocycles. The van der Waals surface area contributed by atoms with Crippen LogP contribution in [0.1, 0.15) is 28.6 Å². The maximum atomic E-state index is 13.1. The molecule has 2 aromatic heterocycles. The number of carbonyl (C=O) groups excluding carboxylic acids is 2. The van der Waals surface area contributed by atoms with Crippen LogP contribution < -0.4 is 4.90 Å². The summed E-state index contributed by atoms with van der Waals surface area (Å²) in [6.07, 6.45) is 3.36. The van der Waals surface area contributed by atoms with Crippen molar-refractivity contribution in [3.8, 4) is 12.0 Å². The highest BCUT2D eigenvalue weighted by atomic mass is 19.1. The van der Waals surface area contributed by atoms with Crippen molar-refractivity contribution in [1.29, 1.82) is 5.26 Å². The third kappa shape index (κ3) is 4.04. The van der Waals surface area contributed by atoms with Crippen molar-refractivity contribution >= 4 is 17.6 Å². The Bertz CT molecular complexity index is 1060. The second kappa shape index (κ2) is 8.44. The van der Waals surface area contributed by atoms with Gasteiger partial charge in [0, 0.05) is 24.6 Å². The zero-order valence-electron chi connectivity index (χ0n) is 15.9. The number of anilines is 1. The van der Waals surface area contributed by atoms with Crippen LogP contribution in [0.3, 0.4) is 0 Å². The fraction of sp³-hybridized carbons (Fsp3) is 0.190. The monoisotopic (exact) mass is 395 g/mol. The first-order valence-corrected chi connectivity index (χ1v) is 8.86. The number of nitrogens with zero attached hydrogens (tertiary/aromatic N) is 3. The van der Waals surface area contributed by atoms with Gasteiger partial charge >= 0.3 is 5.97 Å².